The van der Waals surface area contributed by atoms with E-state index in [-0.39, 0.29) is 11.2 Å². The second kappa shape index (κ2) is 8.03. The number of nitriles is 1. The number of alkyl halides is 3. The van der Waals surface area contributed by atoms with Crippen LogP contribution in [0.3, 0.4) is 0 Å². The van der Waals surface area contributed by atoms with Gasteiger partial charge in [0, 0.05) is 17.6 Å². The average molecular weight is 484 g/mol. The average Bonchev–Trinajstić information content (AvgIpc) is 2.99. The van der Waals surface area contributed by atoms with Crippen LogP contribution in [0, 0.1) is 11.3 Å². The van der Waals surface area contributed by atoms with E-state index >= 15 is 0 Å². The van der Waals surface area contributed by atoms with E-state index < -0.39 is 27.1 Å². The lowest BCUT2D eigenvalue weighted by molar-refractivity contribution is -0.147. The van der Waals surface area contributed by atoms with Crippen molar-refractivity contribution >= 4 is 32.7 Å². The minimum atomic E-state index is -4.72. The van der Waals surface area contributed by atoms with Crippen LogP contribution < -0.4 is 4.72 Å². The number of hydrogen-bond acceptors (Lipinski definition) is 5. The summed E-state index contributed by atoms with van der Waals surface area (Å²) in [7, 11) is -4.44. The van der Waals surface area contributed by atoms with E-state index in [0.717, 1.165) is 31.5 Å². The van der Waals surface area contributed by atoms with Crippen molar-refractivity contribution < 1.29 is 21.6 Å². The van der Waals surface area contributed by atoms with Gasteiger partial charge < -0.3 is 4.57 Å². The van der Waals surface area contributed by atoms with Crippen LogP contribution in [0.2, 0.25) is 5.15 Å². The maximum absolute atomic E-state index is 12.8. The van der Waals surface area contributed by atoms with Gasteiger partial charge in [-0.3, -0.25) is 4.98 Å². The first-order chi connectivity index (χ1) is 15.0. The van der Waals surface area contributed by atoms with Gasteiger partial charge in [-0.1, -0.05) is 11.6 Å². The third-order valence-electron chi connectivity index (χ3n) is 5.48. The molecule has 1 aliphatic rings. The van der Waals surface area contributed by atoms with Crippen molar-refractivity contribution in [1.82, 2.24) is 19.3 Å². The van der Waals surface area contributed by atoms with E-state index in [0.29, 0.717) is 34.9 Å². The lowest BCUT2D eigenvalue weighted by Crippen LogP contribution is -2.42. The fourth-order valence-electron chi connectivity index (χ4n) is 3.57. The number of halogens is 4. The Labute approximate surface area is 186 Å². The zero-order valence-corrected chi connectivity index (χ0v) is 18.3. The number of rotatable bonds is 5. The molecule has 0 aromatic carbocycles. The standard InChI is InChI=1S/C20H17ClF3N5O2S/c1-11(20(22,23)24)28-32(30,31)13-5-7-16(26-10-13)18-15(9-25)14-6-8-17(21)27-19(14)29(18)12-3-2-4-12/h5-8,10-12,28H,2-4H2,1H3/t11-/m0/s1. The first-order valence-electron chi connectivity index (χ1n) is 9.69. The molecular formula is C20H17ClF3N5O2S. The molecule has 3 heterocycles. The second-order valence-corrected chi connectivity index (χ2v) is 9.66. The Morgan fingerprint density at radius 2 is 2.00 bits per heavy atom. The van der Waals surface area contributed by atoms with E-state index in [4.69, 9.17) is 11.6 Å². The molecule has 7 nitrogen and oxygen atoms in total. The summed E-state index contributed by atoms with van der Waals surface area (Å²) in [5.41, 5.74) is 1.64. The van der Waals surface area contributed by atoms with E-state index in [9.17, 15) is 26.9 Å². The highest BCUT2D eigenvalue weighted by Crippen LogP contribution is 2.41. The zero-order chi connectivity index (χ0) is 23.3. The number of sulfonamides is 1. The Bertz CT molecular complexity index is 1330. The molecule has 1 atom stereocenters. The molecule has 32 heavy (non-hydrogen) atoms. The summed E-state index contributed by atoms with van der Waals surface area (Å²) < 4.78 is 66.4. The van der Waals surface area contributed by atoms with E-state index in [2.05, 4.69) is 16.0 Å². The highest BCUT2D eigenvalue weighted by molar-refractivity contribution is 7.89. The third-order valence-corrected chi connectivity index (χ3v) is 7.22. The first-order valence-corrected chi connectivity index (χ1v) is 11.5. The molecule has 0 bridgehead atoms. The Balaban J connectivity index is 1.80. The van der Waals surface area contributed by atoms with Gasteiger partial charge in [-0.2, -0.15) is 23.2 Å². The highest BCUT2D eigenvalue weighted by atomic mass is 35.5. The minimum Gasteiger partial charge on any atom is -0.320 e. The molecule has 1 fully saturated rings. The Hall–Kier alpha value is -2.68. The van der Waals surface area contributed by atoms with Crippen molar-refractivity contribution in [2.75, 3.05) is 0 Å². The summed E-state index contributed by atoms with van der Waals surface area (Å²) in [5.74, 6) is 0. The molecule has 12 heteroatoms. The zero-order valence-electron chi connectivity index (χ0n) is 16.7. The number of fused-ring (bicyclic) bond motifs is 1. The van der Waals surface area contributed by atoms with Crippen molar-refractivity contribution in [2.24, 2.45) is 0 Å². The van der Waals surface area contributed by atoms with Gasteiger partial charge in [0.2, 0.25) is 10.0 Å². The lowest BCUT2D eigenvalue weighted by Gasteiger charge is -2.29. The summed E-state index contributed by atoms with van der Waals surface area (Å²) >= 11 is 6.08. The van der Waals surface area contributed by atoms with Crippen LogP contribution in [-0.2, 0) is 10.0 Å². The van der Waals surface area contributed by atoms with Gasteiger partial charge in [0.25, 0.3) is 0 Å². The fraction of sp³-hybridized carbons (Fsp3) is 0.350. The lowest BCUT2D eigenvalue weighted by atomic mass is 9.92. The number of aromatic nitrogens is 3. The molecule has 0 spiro atoms. The maximum Gasteiger partial charge on any atom is 0.404 e. The van der Waals surface area contributed by atoms with E-state index in [1.54, 1.807) is 16.9 Å². The summed E-state index contributed by atoms with van der Waals surface area (Å²) in [6, 6.07) is 5.81. The molecule has 0 saturated heterocycles. The van der Waals surface area contributed by atoms with Crippen LogP contribution in [0.5, 0.6) is 0 Å². The normalized spacial score (nSPS) is 16.0. The molecule has 0 unspecified atom stereocenters. The Morgan fingerprint density at radius 1 is 1.28 bits per heavy atom. The Morgan fingerprint density at radius 3 is 2.53 bits per heavy atom. The maximum atomic E-state index is 12.8. The summed E-state index contributed by atoms with van der Waals surface area (Å²) in [4.78, 5) is 8.15. The van der Waals surface area contributed by atoms with Crippen molar-refractivity contribution in [3.05, 3.63) is 41.2 Å². The van der Waals surface area contributed by atoms with Crippen molar-refractivity contribution in [3.8, 4) is 17.5 Å². The molecule has 3 aromatic heterocycles. The first kappa shape index (κ1) is 22.5. The topological polar surface area (TPSA) is 101 Å². The monoisotopic (exact) mass is 483 g/mol. The third kappa shape index (κ3) is 3.94. The summed E-state index contributed by atoms with van der Waals surface area (Å²) in [6.45, 7) is 0.716. The van der Waals surface area contributed by atoms with Gasteiger partial charge in [-0.05, 0) is 50.5 Å². The summed E-state index contributed by atoms with van der Waals surface area (Å²) in [6.07, 6.45) is -0.978. The molecule has 1 saturated carbocycles. The van der Waals surface area contributed by atoms with Gasteiger partial charge >= 0.3 is 6.18 Å². The predicted octanol–water partition coefficient (Wildman–Crippen LogP) is 4.58. The predicted molar refractivity (Wildman–Crippen MR) is 111 cm³/mol. The quantitative estimate of drug-likeness (QED) is 0.535. The van der Waals surface area contributed by atoms with Crippen LogP contribution in [0.4, 0.5) is 13.2 Å². The molecule has 168 valence electrons. The highest BCUT2D eigenvalue weighted by Gasteiger charge is 2.39. The van der Waals surface area contributed by atoms with Crippen molar-refractivity contribution in [3.63, 3.8) is 0 Å². The van der Waals surface area contributed by atoms with Crippen LogP contribution >= 0.6 is 11.6 Å². The van der Waals surface area contributed by atoms with Gasteiger partial charge in [-0.25, -0.2) is 13.4 Å². The Kier molecular flexibility index (Phi) is 5.65. The van der Waals surface area contributed by atoms with Crippen molar-refractivity contribution in [1.29, 1.82) is 5.26 Å². The number of nitrogens with zero attached hydrogens (tertiary/aromatic N) is 4. The van der Waals surface area contributed by atoms with Gasteiger partial charge in [0.15, 0.2) is 0 Å². The molecule has 0 aliphatic heterocycles. The van der Waals surface area contributed by atoms with Gasteiger partial charge in [-0.15, -0.1) is 0 Å². The van der Waals surface area contributed by atoms with Crippen LogP contribution in [-0.4, -0.2) is 35.2 Å². The van der Waals surface area contributed by atoms with Crippen LogP contribution in [0.1, 0.15) is 37.8 Å². The van der Waals surface area contributed by atoms with Crippen molar-refractivity contribution in [2.45, 2.75) is 49.3 Å². The smallest absolute Gasteiger partial charge is 0.320 e. The second-order valence-electron chi connectivity index (χ2n) is 7.56. The largest absolute Gasteiger partial charge is 0.404 e. The van der Waals surface area contributed by atoms with E-state index in [1.165, 1.54) is 6.07 Å². The van der Waals surface area contributed by atoms with Gasteiger partial charge in [0.05, 0.1) is 17.0 Å². The van der Waals surface area contributed by atoms with E-state index in [1.807, 2.05) is 4.57 Å². The van der Waals surface area contributed by atoms with Crippen LogP contribution in [0.25, 0.3) is 22.4 Å². The number of pyridine rings is 2. The fourth-order valence-corrected chi connectivity index (χ4v) is 4.89. The molecule has 1 aliphatic carbocycles. The molecule has 0 amide bonds. The summed E-state index contributed by atoms with van der Waals surface area (Å²) in [5, 5.41) is 10.7. The number of hydrogen-bond donors (Lipinski definition) is 1. The van der Waals surface area contributed by atoms with Crippen LogP contribution in [0.15, 0.2) is 35.4 Å². The molecular weight excluding hydrogens is 467 g/mol. The minimum absolute atomic E-state index is 0.0834. The SMILES string of the molecule is C[C@H](NS(=O)(=O)c1ccc(-c2c(C#N)c3ccc(Cl)nc3n2C2CCC2)nc1)C(F)(F)F. The molecule has 0 radical (unpaired) electrons. The van der Waals surface area contributed by atoms with Gasteiger partial charge in [0.1, 0.15) is 27.8 Å². The molecule has 4 rings (SSSR count). The molecule has 3 aromatic rings. The number of nitrogens with one attached hydrogen (secondary N) is 1. The molecule has 1 N–H and O–H groups in total.